The number of nitrogens with one attached hydrogen (secondary N) is 1. The number of ether oxygens (including phenoxy) is 1. The fourth-order valence-corrected chi connectivity index (χ4v) is 5.50. The van der Waals surface area contributed by atoms with E-state index in [2.05, 4.69) is 16.9 Å². The van der Waals surface area contributed by atoms with Gasteiger partial charge in [-0.2, -0.15) is 0 Å². The zero-order valence-corrected chi connectivity index (χ0v) is 19.7. The first kappa shape index (κ1) is 22.9. The van der Waals surface area contributed by atoms with Gasteiger partial charge in [0.15, 0.2) is 0 Å². The quantitative estimate of drug-likeness (QED) is 0.258. The number of aryl methyl sites for hydroxylation is 1. The normalized spacial score (nSPS) is 11.3. The van der Waals surface area contributed by atoms with Crippen molar-refractivity contribution in [3.05, 3.63) is 102 Å². The van der Waals surface area contributed by atoms with Gasteiger partial charge in [-0.15, -0.1) is 11.8 Å². The lowest BCUT2D eigenvalue weighted by Gasteiger charge is -2.13. The predicted octanol–water partition coefficient (Wildman–Crippen LogP) is 5.76. The van der Waals surface area contributed by atoms with Gasteiger partial charge in [-0.3, -0.25) is 4.72 Å². The smallest absolute Gasteiger partial charge is 0.340 e. The summed E-state index contributed by atoms with van der Waals surface area (Å²) < 4.78 is 33.6. The van der Waals surface area contributed by atoms with Gasteiger partial charge in [0, 0.05) is 10.6 Å². The number of fused-ring (bicyclic) bond motifs is 1. The molecular weight excluding hydrogens is 454 g/mol. The van der Waals surface area contributed by atoms with Gasteiger partial charge < -0.3 is 4.74 Å². The van der Waals surface area contributed by atoms with E-state index < -0.39 is 16.0 Å². The molecule has 0 unspecified atom stereocenters. The molecule has 0 saturated heterocycles. The number of rotatable bonds is 8. The number of carbonyl (C=O) groups is 1. The Hall–Kier alpha value is -3.29. The molecule has 33 heavy (non-hydrogen) atoms. The van der Waals surface area contributed by atoms with Crippen molar-refractivity contribution in [2.24, 2.45) is 0 Å². The Morgan fingerprint density at radius 2 is 1.61 bits per heavy atom. The number of sulfonamides is 1. The minimum atomic E-state index is -3.90. The van der Waals surface area contributed by atoms with Crippen LogP contribution in [0.2, 0.25) is 0 Å². The molecule has 0 aliphatic carbocycles. The third-order valence-corrected chi connectivity index (χ3v) is 7.53. The summed E-state index contributed by atoms with van der Waals surface area (Å²) in [7, 11) is -2.62. The van der Waals surface area contributed by atoms with Crippen molar-refractivity contribution >= 4 is 44.2 Å². The highest BCUT2D eigenvalue weighted by molar-refractivity contribution is 7.99. The van der Waals surface area contributed by atoms with Gasteiger partial charge in [-0.1, -0.05) is 60.7 Å². The fourth-order valence-electron chi connectivity index (χ4n) is 3.45. The Morgan fingerprint density at radius 1 is 0.879 bits per heavy atom. The largest absolute Gasteiger partial charge is 0.465 e. The van der Waals surface area contributed by atoms with E-state index in [4.69, 9.17) is 4.74 Å². The molecule has 4 rings (SSSR count). The highest BCUT2D eigenvalue weighted by Crippen LogP contribution is 2.28. The lowest BCUT2D eigenvalue weighted by atomic mass is 10.1. The maximum atomic E-state index is 13.1. The summed E-state index contributed by atoms with van der Waals surface area (Å²) in [6.45, 7) is 0. The number of hydrogen-bond donors (Lipinski definition) is 1. The van der Waals surface area contributed by atoms with Crippen LogP contribution in [0, 0.1) is 0 Å². The van der Waals surface area contributed by atoms with Crippen molar-refractivity contribution in [1.29, 1.82) is 0 Å². The summed E-state index contributed by atoms with van der Waals surface area (Å²) in [5.41, 5.74) is 1.59. The molecular formula is C26H23NO4S2. The standard InChI is InChI=1S/C26H23NO4S2/c1-31-26(28)24-18-22(32-16-15-19-7-3-2-4-8-19)12-14-25(24)27-33(29,30)23-13-11-20-9-5-6-10-21(20)17-23/h2-14,17-18,27H,15-16H2,1H3. The molecule has 5 nitrogen and oxygen atoms in total. The first-order valence-corrected chi connectivity index (χ1v) is 12.8. The number of anilines is 1. The van der Waals surface area contributed by atoms with Gasteiger partial charge in [-0.25, -0.2) is 13.2 Å². The SMILES string of the molecule is COC(=O)c1cc(SCCc2ccccc2)ccc1NS(=O)(=O)c1ccc2ccccc2c1. The molecule has 0 atom stereocenters. The number of esters is 1. The van der Waals surface area contributed by atoms with Crippen molar-refractivity contribution in [2.45, 2.75) is 16.2 Å². The Balaban J connectivity index is 1.56. The molecule has 0 saturated carbocycles. The van der Waals surface area contributed by atoms with Gasteiger partial charge in [-0.05, 0) is 53.1 Å². The van der Waals surface area contributed by atoms with Crippen LogP contribution < -0.4 is 4.72 Å². The molecule has 0 fully saturated rings. The topological polar surface area (TPSA) is 72.5 Å². The number of hydrogen-bond acceptors (Lipinski definition) is 5. The van der Waals surface area contributed by atoms with Gasteiger partial charge in [0.1, 0.15) is 0 Å². The molecule has 7 heteroatoms. The molecule has 0 aliphatic rings. The van der Waals surface area contributed by atoms with E-state index in [1.54, 1.807) is 48.2 Å². The molecule has 0 aliphatic heterocycles. The van der Waals surface area contributed by atoms with E-state index in [1.165, 1.54) is 12.7 Å². The summed E-state index contributed by atoms with van der Waals surface area (Å²) in [6.07, 6.45) is 0.884. The van der Waals surface area contributed by atoms with E-state index in [0.717, 1.165) is 27.8 Å². The zero-order valence-electron chi connectivity index (χ0n) is 18.0. The first-order chi connectivity index (χ1) is 16.0. The highest BCUT2D eigenvalue weighted by atomic mass is 32.2. The third-order valence-electron chi connectivity index (χ3n) is 5.17. The average molecular weight is 478 g/mol. The molecule has 0 bridgehead atoms. The second kappa shape index (κ2) is 10.1. The predicted molar refractivity (Wildman–Crippen MR) is 133 cm³/mol. The van der Waals surface area contributed by atoms with Crippen LogP contribution in [0.25, 0.3) is 10.8 Å². The second-order valence-electron chi connectivity index (χ2n) is 7.40. The molecule has 0 amide bonds. The van der Waals surface area contributed by atoms with Gasteiger partial charge in [0.25, 0.3) is 10.0 Å². The number of carbonyl (C=O) groups excluding carboxylic acids is 1. The molecule has 0 heterocycles. The highest BCUT2D eigenvalue weighted by Gasteiger charge is 2.20. The first-order valence-electron chi connectivity index (χ1n) is 10.4. The third kappa shape index (κ3) is 5.56. The Morgan fingerprint density at radius 3 is 2.36 bits per heavy atom. The van der Waals surface area contributed by atoms with Crippen molar-refractivity contribution in [3.63, 3.8) is 0 Å². The Labute approximate surface area is 197 Å². The summed E-state index contributed by atoms with van der Waals surface area (Å²) in [5.74, 6) is 0.226. The maximum Gasteiger partial charge on any atom is 0.340 e. The Kier molecular flexibility index (Phi) is 7.01. The van der Waals surface area contributed by atoms with Crippen molar-refractivity contribution in [1.82, 2.24) is 0 Å². The van der Waals surface area contributed by atoms with Crippen molar-refractivity contribution in [2.75, 3.05) is 17.6 Å². The molecule has 0 aromatic heterocycles. The summed E-state index contributed by atoms with van der Waals surface area (Å²) in [6, 6.07) is 27.7. The molecule has 0 spiro atoms. The minimum Gasteiger partial charge on any atom is -0.465 e. The van der Waals surface area contributed by atoms with Crippen LogP contribution in [0.1, 0.15) is 15.9 Å². The number of benzene rings is 4. The number of methoxy groups -OCH3 is 1. The van der Waals surface area contributed by atoms with E-state index in [0.29, 0.717) is 0 Å². The van der Waals surface area contributed by atoms with E-state index >= 15 is 0 Å². The summed E-state index contributed by atoms with van der Waals surface area (Å²) >= 11 is 1.60. The van der Waals surface area contributed by atoms with Crippen LogP contribution in [0.5, 0.6) is 0 Å². The lowest BCUT2D eigenvalue weighted by molar-refractivity contribution is 0.0601. The van der Waals surface area contributed by atoms with Gasteiger partial charge in [0.05, 0.1) is 23.3 Å². The summed E-state index contributed by atoms with van der Waals surface area (Å²) in [4.78, 5) is 13.4. The molecule has 4 aromatic carbocycles. The van der Waals surface area contributed by atoms with Crippen LogP contribution in [0.4, 0.5) is 5.69 Å². The monoisotopic (exact) mass is 477 g/mol. The van der Waals surface area contributed by atoms with E-state index in [9.17, 15) is 13.2 Å². The van der Waals surface area contributed by atoms with Crippen LogP contribution >= 0.6 is 11.8 Å². The Bertz CT molecular complexity index is 1390. The zero-order chi connectivity index (χ0) is 23.3. The van der Waals surface area contributed by atoms with Crippen molar-refractivity contribution in [3.8, 4) is 0 Å². The van der Waals surface area contributed by atoms with E-state index in [1.807, 2.05) is 42.5 Å². The van der Waals surface area contributed by atoms with Crippen LogP contribution in [0.3, 0.4) is 0 Å². The summed E-state index contributed by atoms with van der Waals surface area (Å²) in [5, 5.41) is 1.77. The van der Waals surface area contributed by atoms with Gasteiger partial charge >= 0.3 is 5.97 Å². The second-order valence-corrected chi connectivity index (χ2v) is 10.2. The molecule has 168 valence electrons. The van der Waals surface area contributed by atoms with Crippen LogP contribution in [-0.4, -0.2) is 27.2 Å². The molecule has 0 radical (unpaired) electrons. The molecule has 1 N–H and O–H groups in total. The minimum absolute atomic E-state index is 0.123. The van der Waals surface area contributed by atoms with E-state index in [-0.39, 0.29) is 16.1 Å². The molecule has 4 aromatic rings. The lowest BCUT2D eigenvalue weighted by Crippen LogP contribution is -2.16. The maximum absolute atomic E-state index is 13.1. The van der Waals surface area contributed by atoms with Gasteiger partial charge in [0.2, 0.25) is 0 Å². The average Bonchev–Trinajstić information content (AvgIpc) is 2.84. The van der Waals surface area contributed by atoms with Crippen LogP contribution in [-0.2, 0) is 21.2 Å². The fraction of sp³-hybridized carbons (Fsp3) is 0.115. The van der Waals surface area contributed by atoms with Crippen LogP contribution in [0.15, 0.2) is 101 Å². The van der Waals surface area contributed by atoms with Crippen molar-refractivity contribution < 1.29 is 17.9 Å². The number of thioether (sulfide) groups is 1.